The fraction of sp³-hybridized carbons (Fsp3) is 0.714. The van der Waals surface area contributed by atoms with Gasteiger partial charge in [0.25, 0.3) is 0 Å². The molecule has 1 saturated heterocycles. The van der Waals surface area contributed by atoms with E-state index in [0.29, 0.717) is 29.9 Å². The third-order valence-corrected chi connectivity index (χ3v) is 6.13. The molecule has 1 aliphatic carbocycles. The van der Waals surface area contributed by atoms with Crippen LogP contribution in [0.1, 0.15) is 38.3 Å². The van der Waals surface area contributed by atoms with Gasteiger partial charge in [0, 0.05) is 37.6 Å². The Bertz CT molecular complexity index is 555. The molecular weight excluding hydrogens is 274 g/mol. The third kappa shape index (κ3) is 3.07. The predicted molar refractivity (Wildman–Crippen MR) is 77.8 cm³/mol. The molecule has 20 heavy (non-hydrogen) atoms. The summed E-state index contributed by atoms with van der Waals surface area (Å²) in [4.78, 5) is 3.48. The molecule has 2 N–H and O–H groups in total. The maximum absolute atomic E-state index is 12.5. The van der Waals surface area contributed by atoms with Gasteiger partial charge in [0.1, 0.15) is 0 Å². The van der Waals surface area contributed by atoms with Crippen LogP contribution in [0.4, 0.5) is 0 Å². The van der Waals surface area contributed by atoms with Crippen molar-refractivity contribution in [3.05, 3.63) is 18.0 Å². The first-order chi connectivity index (χ1) is 9.55. The van der Waals surface area contributed by atoms with E-state index in [0.717, 1.165) is 25.1 Å². The van der Waals surface area contributed by atoms with Crippen LogP contribution in [0.5, 0.6) is 0 Å². The summed E-state index contributed by atoms with van der Waals surface area (Å²) < 4.78 is 26.7. The number of hydrogen-bond acceptors (Lipinski definition) is 3. The van der Waals surface area contributed by atoms with Gasteiger partial charge in [-0.05, 0) is 37.7 Å². The molecule has 0 amide bonds. The zero-order valence-corrected chi connectivity index (χ0v) is 12.7. The first kappa shape index (κ1) is 14.1. The summed E-state index contributed by atoms with van der Waals surface area (Å²) in [5, 5.41) is 3.38. The number of nitrogens with one attached hydrogen (secondary N) is 2. The fourth-order valence-electron chi connectivity index (χ4n) is 2.59. The summed E-state index contributed by atoms with van der Waals surface area (Å²) in [6.07, 6.45) is 6.01. The van der Waals surface area contributed by atoms with Crippen molar-refractivity contribution < 1.29 is 8.42 Å². The Morgan fingerprint density at radius 3 is 2.65 bits per heavy atom. The number of rotatable bonds is 5. The fourth-order valence-corrected chi connectivity index (χ4v) is 4.07. The second-order valence-electron chi connectivity index (χ2n) is 6.10. The monoisotopic (exact) mass is 297 g/mol. The van der Waals surface area contributed by atoms with Gasteiger partial charge in [0.05, 0.1) is 4.90 Å². The summed E-state index contributed by atoms with van der Waals surface area (Å²) in [5.74, 6) is 0.631. The van der Waals surface area contributed by atoms with Crippen LogP contribution in [0.2, 0.25) is 0 Å². The molecule has 3 rings (SSSR count). The Hall–Kier alpha value is -0.850. The van der Waals surface area contributed by atoms with Gasteiger partial charge in [-0.15, -0.1) is 0 Å². The molecule has 0 atom stereocenters. The molecule has 1 aliphatic heterocycles. The van der Waals surface area contributed by atoms with E-state index < -0.39 is 10.0 Å². The largest absolute Gasteiger partial charge is 0.363 e. The highest BCUT2D eigenvalue weighted by Gasteiger charge is 2.29. The van der Waals surface area contributed by atoms with Crippen molar-refractivity contribution >= 4 is 10.0 Å². The van der Waals surface area contributed by atoms with E-state index in [2.05, 4.69) is 17.2 Å². The molecule has 1 aromatic heterocycles. The topological polar surface area (TPSA) is 65.2 Å². The van der Waals surface area contributed by atoms with Gasteiger partial charge < -0.3 is 10.3 Å². The first-order valence-corrected chi connectivity index (χ1v) is 8.90. The second kappa shape index (κ2) is 5.50. The molecule has 0 spiro atoms. The molecule has 112 valence electrons. The van der Waals surface area contributed by atoms with Gasteiger partial charge in [-0.25, -0.2) is 8.42 Å². The van der Waals surface area contributed by atoms with Crippen molar-refractivity contribution in [1.82, 2.24) is 14.6 Å². The summed E-state index contributed by atoms with van der Waals surface area (Å²) in [5.41, 5.74) is 0.945. The minimum absolute atomic E-state index is 0.402. The van der Waals surface area contributed by atoms with Crippen LogP contribution in [0.15, 0.2) is 17.2 Å². The number of nitrogens with zero attached hydrogens (tertiary/aromatic N) is 1. The highest BCUT2D eigenvalue weighted by molar-refractivity contribution is 7.89. The summed E-state index contributed by atoms with van der Waals surface area (Å²) in [6, 6.07) is 2.39. The van der Waals surface area contributed by atoms with Crippen LogP contribution in [0.3, 0.4) is 0 Å². The first-order valence-electron chi connectivity index (χ1n) is 7.46. The van der Waals surface area contributed by atoms with E-state index in [9.17, 15) is 8.42 Å². The Morgan fingerprint density at radius 2 is 2.00 bits per heavy atom. The van der Waals surface area contributed by atoms with Gasteiger partial charge in [0.15, 0.2) is 0 Å². The maximum atomic E-state index is 12.5. The van der Waals surface area contributed by atoms with Crippen LogP contribution in [0, 0.1) is 5.92 Å². The maximum Gasteiger partial charge on any atom is 0.244 e. The Balaban J connectivity index is 1.67. The molecule has 0 aromatic carbocycles. The van der Waals surface area contributed by atoms with Gasteiger partial charge in [0.2, 0.25) is 10.0 Å². The molecule has 0 radical (unpaired) electrons. The van der Waals surface area contributed by atoms with Gasteiger partial charge in [-0.2, -0.15) is 4.31 Å². The number of hydrogen-bond donors (Lipinski definition) is 2. The van der Waals surface area contributed by atoms with Crippen molar-refractivity contribution in [2.24, 2.45) is 5.92 Å². The third-order valence-electron chi connectivity index (χ3n) is 4.26. The Morgan fingerprint density at radius 1 is 1.30 bits per heavy atom. The van der Waals surface area contributed by atoms with Crippen molar-refractivity contribution in [2.75, 3.05) is 13.1 Å². The number of sulfonamides is 1. The van der Waals surface area contributed by atoms with E-state index in [1.807, 2.05) is 0 Å². The lowest BCUT2D eigenvalue weighted by Gasteiger charge is -2.28. The molecule has 0 unspecified atom stereocenters. The van der Waals surface area contributed by atoms with Crippen LogP contribution in [-0.4, -0.2) is 36.8 Å². The standard InChI is InChI=1S/C14H23N3O2S/c1-11-4-6-17(7-5-11)20(18,19)14-8-13(16-10-14)9-15-12-2-3-12/h8,10-12,15-16H,2-7,9H2,1H3. The zero-order valence-electron chi connectivity index (χ0n) is 11.9. The average molecular weight is 297 g/mol. The van der Waals surface area contributed by atoms with E-state index in [-0.39, 0.29) is 0 Å². The zero-order chi connectivity index (χ0) is 14.2. The summed E-state index contributed by atoms with van der Waals surface area (Å²) >= 11 is 0. The molecule has 5 nitrogen and oxygen atoms in total. The van der Waals surface area contributed by atoms with Crippen LogP contribution in [0.25, 0.3) is 0 Å². The molecule has 2 fully saturated rings. The molecular formula is C14H23N3O2S. The molecule has 6 heteroatoms. The van der Waals surface area contributed by atoms with Crippen molar-refractivity contribution in [1.29, 1.82) is 0 Å². The van der Waals surface area contributed by atoms with Crippen LogP contribution < -0.4 is 5.32 Å². The molecule has 2 aliphatic rings. The number of H-pyrrole nitrogens is 1. The average Bonchev–Trinajstić information content (AvgIpc) is 3.13. The molecule has 0 bridgehead atoms. The normalized spacial score (nSPS) is 22.2. The van der Waals surface area contributed by atoms with E-state index in [1.165, 1.54) is 12.8 Å². The second-order valence-corrected chi connectivity index (χ2v) is 8.04. The van der Waals surface area contributed by atoms with E-state index >= 15 is 0 Å². The minimum Gasteiger partial charge on any atom is -0.363 e. The lowest BCUT2D eigenvalue weighted by molar-refractivity contribution is 0.288. The predicted octanol–water partition coefficient (Wildman–Crippen LogP) is 1.69. The Kier molecular flexibility index (Phi) is 3.88. The highest BCUT2D eigenvalue weighted by Crippen LogP contribution is 2.24. The van der Waals surface area contributed by atoms with Crippen molar-refractivity contribution in [3.63, 3.8) is 0 Å². The quantitative estimate of drug-likeness (QED) is 0.869. The summed E-state index contributed by atoms with van der Waals surface area (Å²) in [7, 11) is -3.31. The lowest BCUT2D eigenvalue weighted by Crippen LogP contribution is -2.37. The highest BCUT2D eigenvalue weighted by atomic mass is 32.2. The number of aromatic nitrogens is 1. The van der Waals surface area contributed by atoms with Crippen molar-refractivity contribution in [2.45, 2.75) is 50.1 Å². The molecule has 2 heterocycles. The van der Waals surface area contributed by atoms with E-state index in [1.54, 1.807) is 16.6 Å². The SMILES string of the molecule is CC1CCN(S(=O)(=O)c2c[nH]c(CNC3CC3)c2)CC1. The van der Waals surface area contributed by atoms with Crippen molar-refractivity contribution in [3.8, 4) is 0 Å². The molecule has 1 saturated carbocycles. The summed E-state index contributed by atoms with van der Waals surface area (Å²) in [6.45, 7) is 4.19. The van der Waals surface area contributed by atoms with Gasteiger partial charge >= 0.3 is 0 Å². The minimum atomic E-state index is -3.31. The van der Waals surface area contributed by atoms with Gasteiger partial charge in [-0.1, -0.05) is 6.92 Å². The Labute approximate surface area is 120 Å². The van der Waals surface area contributed by atoms with E-state index in [4.69, 9.17) is 0 Å². The van der Waals surface area contributed by atoms with Crippen LogP contribution >= 0.6 is 0 Å². The molecule has 1 aromatic rings. The lowest BCUT2D eigenvalue weighted by atomic mass is 10.0. The number of piperidine rings is 1. The van der Waals surface area contributed by atoms with Gasteiger partial charge in [-0.3, -0.25) is 0 Å². The number of aromatic amines is 1. The van der Waals surface area contributed by atoms with Crippen LogP contribution in [-0.2, 0) is 16.6 Å². The smallest absolute Gasteiger partial charge is 0.244 e.